The molecule has 0 saturated carbocycles. The average molecular weight is 473 g/mol. The molecule has 0 aliphatic rings. The predicted molar refractivity (Wildman–Crippen MR) is 109 cm³/mol. The normalized spacial score (nSPS) is 11.9. The first-order chi connectivity index (χ1) is 10.9. The molecule has 1 aromatic rings. The van der Waals surface area contributed by atoms with E-state index in [0.29, 0.717) is 12.5 Å². The molecule has 0 atom stereocenters. The summed E-state index contributed by atoms with van der Waals surface area (Å²) in [4.78, 5) is 4.48. The van der Waals surface area contributed by atoms with Crippen LogP contribution in [0.2, 0.25) is 0 Å². The lowest BCUT2D eigenvalue weighted by Crippen LogP contribution is -2.43. The first-order valence-electron chi connectivity index (χ1n) is 7.47. The third-order valence-corrected chi connectivity index (χ3v) is 4.37. The maximum Gasteiger partial charge on any atom is 0.387 e. The lowest BCUT2D eigenvalue weighted by Gasteiger charge is -2.23. The van der Waals surface area contributed by atoms with Gasteiger partial charge < -0.3 is 15.4 Å². The zero-order valence-corrected chi connectivity index (χ0v) is 17.6. The van der Waals surface area contributed by atoms with Crippen LogP contribution >= 0.6 is 35.7 Å². The van der Waals surface area contributed by atoms with Gasteiger partial charge in [-0.2, -0.15) is 20.5 Å². The number of rotatable bonds is 8. The molecule has 1 rings (SSSR count). The minimum Gasteiger partial charge on any atom is -0.435 e. The largest absolute Gasteiger partial charge is 0.435 e. The van der Waals surface area contributed by atoms with Crippen molar-refractivity contribution in [1.29, 1.82) is 0 Å². The Hall–Kier alpha value is -0.770. The van der Waals surface area contributed by atoms with E-state index in [2.05, 4.69) is 40.5 Å². The Morgan fingerprint density at radius 1 is 1.33 bits per heavy atom. The lowest BCUT2D eigenvalue weighted by molar-refractivity contribution is -0.0498. The lowest BCUT2D eigenvalue weighted by atomic mass is 10.2. The molecule has 0 saturated heterocycles. The number of ether oxygens (including phenoxy) is 1. The highest BCUT2D eigenvalue weighted by Gasteiger charge is 2.16. The number of guanidine groups is 1. The monoisotopic (exact) mass is 473 g/mol. The summed E-state index contributed by atoms with van der Waals surface area (Å²) in [5, 5.41) is 6.47. The Kier molecular flexibility index (Phi) is 11.4. The molecule has 0 radical (unpaired) electrons. The summed E-state index contributed by atoms with van der Waals surface area (Å²) < 4.78 is 29.0. The third-order valence-electron chi connectivity index (χ3n) is 3.12. The summed E-state index contributed by atoms with van der Waals surface area (Å²) >= 11 is 1.78. The Labute approximate surface area is 164 Å². The average Bonchev–Trinajstić information content (AvgIpc) is 2.50. The van der Waals surface area contributed by atoms with Crippen LogP contribution in [0.1, 0.15) is 26.3 Å². The second-order valence-electron chi connectivity index (χ2n) is 5.54. The molecule has 0 unspecified atom stereocenters. The van der Waals surface area contributed by atoms with E-state index >= 15 is 0 Å². The van der Waals surface area contributed by atoms with Gasteiger partial charge in [0, 0.05) is 17.8 Å². The van der Waals surface area contributed by atoms with Crippen LogP contribution in [0.5, 0.6) is 5.75 Å². The van der Waals surface area contributed by atoms with Crippen molar-refractivity contribution in [3.8, 4) is 5.75 Å². The molecule has 0 fully saturated rings. The Balaban J connectivity index is 0.00000529. The second-order valence-corrected chi connectivity index (χ2v) is 7.05. The smallest absolute Gasteiger partial charge is 0.387 e. The Bertz CT molecular complexity index is 516. The van der Waals surface area contributed by atoms with Crippen LogP contribution in [0.25, 0.3) is 0 Å². The highest BCUT2D eigenvalue weighted by molar-refractivity contribution is 14.0. The van der Waals surface area contributed by atoms with E-state index in [1.807, 2.05) is 13.0 Å². The quantitative estimate of drug-likeness (QED) is 0.339. The minimum atomic E-state index is -2.82. The summed E-state index contributed by atoms with van der Waals surface area (Å²) in [5.74, 6) is 0.851. The van der Waals surface area contributed by atoms with E-state index in [1.54, 1.807) is 23.9 Å². The fourth-order valence-electron chi connectivity index (χ4n) is 1.70. The summed E-state index contributed by atoms with van der Waals surface area (Å²) in [6.45, 7) is 5.39. The molecule has 1 aromatic carbocycles. The second kappa shape index (κ2) is 11.7. The maximum absolute atomic E-state index is 12.2. The predicted octanol–water partition coefficient (Wildman–Crippen LogP) is 4.10. The number of nitrogens with one attached hydrogen (secondary N) is 2. The van der Waals surface area contributed by atoms with Gasteiger partial charge in [0.25, 0.3) is 0 Å². The van der Waals surface area contributed by atoms with Gasteiger partial charge in [0.15, 0.2) is 5.96 Å². The highest BCUT2D eigenvalue weighted by atomic mass is 127. The van der Waals surface area contributed by atoms with Crippen LogP contribution < -0.4 is 15.4 Å². The van der Waals surface area contributed by atoms with Crippen molar-refractivity contribution >= 4 is 41.7 Å². The van der Waals surface area contributed by atoms with E-state index in [1.165, 1.54) is 6.07 Å². The zero-order chi connectivity index (χ0) is 17.3. The maximum atomic E-state index is 12.2. The molecule has 4 nitrogen and oxygen atoms in total. The van der Waals surface area contributed by atoms with Gasteiger partial charge in [0.2, 0.25) is 0 Å². The summed E-state index contributed by atoms with van der Waals surface area (Å²) in [6, 6.07) is 6.59. The van der Waals surface area contributed by atoms with Crippen molar-refractivity contribution in [2.24, 2.45) is 4.99 Å². The third kappa shape index (κ3) is 9.51. The van der Waals surface area contributed by atoms with Crippen LogP contribution in [-0.2, 0) is 6.54 Å². The Morgan fingerprint density at radius 3 is 2.62 bits per heavy atom. The first-order valence-corrected chi connectivity index (χ1v) is 8.70. The van der Waals surface area contributed by atoms with Gasteiger partial charge in [-0.05, 0) is 44.7 Å². The van der Waals surface area contributed by atoms with Gasteiger partial charge >= 0.3 is 6.61 Å². The number of thioether (sulfide) groups is 1. The van der Waals surface area contributed by atoms with Gasteiger partial charge in [-0.15, -0.1) is 24.0 Å². The minimum absolute atomic E-state index is 0. The van der Waals surface area contributed by atoms with E-state index < -0.39 is 6.61 Å². The molecular formula is C16H26F2IN3OS. The van der Waals surface area contributed by atoms with Crippen LogP contribution in [0.3, 0.4) is 0 Å². The molecule has 24 heavy (non-hydrogen) atoms. The van der Waals surface area contributed by atoms with Crippen LogP contribution in [-0.4, -0.2) is 36.7 Å². The van der Waals surface area contributed by atoms with Crippen molar-refractivity contribution in [2.45, 2.75) is 38.7 Å². The van der Waals surface area contributed by atoms with Gasteiger partial charge in [0.1, 0.15) is 5.75 Å². The fourth-order valence-corrected chi connectivity index (χ4v) is 1.92. The number of benzene rings is 1. The Morgan fingerprint density at radius 2 is 2.04 bits per heavy atom. The molecule has 0 spiro atoms. The van der Waals surface area contributed by atoms with Crippen molar-refractivity contribution in [2.75, 3.05) is 19.3 Å². The fraction of sp³-hybridized carbons (Fsp3) is 0.562. The zero-order valence-electron chi connectivity index (χ0n) is 14.4. The summed E-state index contributed by atoms with van der Waals surface area (Å²) in [6.07, 6.45) is 2.07. The summed E-state index contributed by atoms with van der Waals surface area (Å²) in [7, 11) is 0. The van der Waals surface area contributed by atoms with E-state index in [9.17, 15) is 8.78 Å². The standard InChI is InChI=1S/C16H25F2N3OS.HI/c1-5-19-15(21-11-16(2,3)23-4)20-10-12-7-6-8-13(9-12)22-14(17)18;/h6-9,14H,5,10-11H2,1-4H3,(H2,19,20,21);1H. The number of halogens is 3. The molecule has 0 aliphatic heterocycles. The van der Waals surface area contributed by atoms with Crippen molar-refractivity contribution in [3.05, 3.63) is 29.8 Å². The molecule has 8 heteroatoms. The van der Waals surface area contributed by atoms with Crippen LogP contribution in [0, 0.1) is 0 Å². The van der Waals surface area contributed by atoms with Gasteiger partial charge in [-0.25, -0.2) is 4.99 Å². The van der Waals surface area contributed by atoms with Gasteiger partial charge in [-0.1, -0.05) is 12.1 Å². The van der Waals surface area contributed by atoms with Gasteiger partial charge in [0.05, 0.1) is 6.54 Å². The van der Waals surface area contributed by atoms with Crippen molar-refractivity contribution in [1.82, 2.24) is 10.6 Å². The number of aliphatic imine (C=N–C) groups is 1. The van der Waals surface area contributed by atoms with Crippen molar-refractivity contribution < 1.29 is 13.5 Å². The summed E-state index contributed by atoms with van der Waals surface area (Å²) in [5.41, 5.74) is 0.810. The molecule has 0 heterocycles. The molecule has 0 aliphatic carbocycles. The van der Waals surface area contributed by atoms with E-state index in [0.717, 1.165) is 18.7 Å². The highest BCUT2D eigenvalue weighted by Crippen LogP contribution is 2.19. The van der Waals surface area contributed by atoms with Gasteiger partial charge in [-0.3, -0.25) is 0 Å². The molecule has 138 valence electrons. The molecule has 0 amide bonds. The first kappa shape index (κ1) is 23.2. The topological polar surface area (TPSA) is 45.7 Å². The van der Waals surface area contributed by atoms with E-state index in [-0.39, 0.29) is 34.5 Å². The number of nitrogens with zero attached hydrogens (tertiary/aromatic N) is 1. The van der Waals surface area contributed by atoms with Crippen LogP contribution in [0.4, 0.5) is 8.78 Å². The van der Waals surface area contributed by atoms with Crippen LogP contribution in [0.15, 0.2) is 29.3 Å². The molecular weight excluding hydrogens is 447 g/mol. The van der Waals surface area contributed by atoms with Crippen molar-refractivity contribution in [3.63, 3.8) is 0 Å². The molecule has 0 aromatic heterocycles. The number of hydrogen-bond donors (Lipinski definition) is 2. The SMILES string of the molecule is CCNC(=NCc1cccc(OC(F)F)c1)NCC(C)(C)SC.I. The molecule has 2 N–H and O–H groups in total. The van der Waals surface area contributed by atoms with E-state index in [4.69, 9.17) is 0 Å². The number of alkyl halides is 2. The molecule has 0 bridgehead atoms. The number of hydrogen-bond acceptors (Lipinski definition) is 3.